The van der Waals surface area contributed by atoms with E-state index >= 15 is 0 Å². The van der Waals surface area contributed by atoms with E-state index in [9.17, 15) is 8.42 Å². The highest BCUT2D eigenvalue weighted by Crippen LogP contribution is 2.14. The number of hydrogen-bond donors (Lipinski definition) is 2. The number of aryl methyl sites for hydroxylation is 1. The van der Waals surface area contributed by atoms with Crippen molar-refractivity contribution in [2.45, 2.75) is 11.8 Å². The summed E-state index contributed by atoms with van der Waals surface area (Å²) in [4.78, 5) is 2.56. The van der Waals surface area contributed by atoms with Crippen LogP contribution in [0.25, 0.3) is 0 Å². The molecule has 0 heterocycles. The second-order valence-electron chi connectivity index (χ2n) is 4.05. The second-order valence-corrected chi connectivity index (χ2v) is 6.65. The SMILES string of the molecule is Cc1ccc(S(=O)(=O)NNc2ccc(Br)cc2)cc1. The van der Waals surface area contributed by atoms with E-state index in [1.165, 1.54) is 0 Å². The van der Waals surface area contributed by atoms with E-state index in [-0.39, 0.29) is 4.90 Å². The summed E-state index contributed by atoms with van der Waals surface area (Å²) in [5.41, 5.74) is 4.35. The highest BCUT2D eigenvalue weighted by molar-refractivity contribution is 9.10. The maximum Gasteiger partial charge on any atom is 0.257 e. The van der Waals surface area contributed by atoms with Crippen molar-refractivity contribution in [3.8, 4) is 0 Å². The number of anilines is 1. The van der Waals surface area contributed by atoms with Gasteiger partial charge in [-0.3, -0.25) is 0 Å². The van der Waals surface area contributed by atoms with Crippen LogP contribution in [0.1, 0.15) is 5.56 Å². The summed E-state index contributed by atoms with van der Waals surface area (Å²) < 4.78 is 24.9. The molecule has 0 bridgehead atoms. The van der Waals surface area contributed by atoms with Crippen LogP contribution < -0.4 is 10.3 Å². The van der Waals surface area contributed by atoms with Gasteiger partial charge in [0.05, 0.1) is 4.90 Å². The molecule has 19 heavy (non-hydrogen) atoms. The average Bonchev–Trinajstić information content (AvgIpc) is 2.39. The number of halogens is 1. The second kappa shape index (κ2) is 5.73. The molecule has 2 N–H and O–H groups in total. The zero-order valence-corrected chi connectivity index (χ0v) is 12.6. The largest absolute Gasteiger partial charge is 0.308 e. The van der Waals surface area contributed by atoms with Gasteiger partial charge < -0.3 is 5.43 Å². The van der Waals surface area contributed by atoms with Gasteiger partial charge in [-0.2, -0.15) is 0 Å². The normalized spacial score (nSPS) is 11.3. The summed E-state index contributed by atoms with van der Waals surface area (Å²) in [6.45, 7) is 1.91. The molecule has 0 unspecified atom stereocenters. The Hall–Kier alpha value is -1.37. The Bertz CT molecular complexity index is 652. The zero-order chi connectivity index (χ0) is 13.9. The summed E-state index contributed by atoms with van der Waals surface area (Å²) in [6.07, 6.45) is 0. The minimum Gasteiger partial charge on any atom is -0.308 e. The molecular weight excluding hydrogens is 328 g/mol. The van der Waals surface area contributed by atoms with E-state index in [0.29, 0.717) is 5.69 Å². The van der Waals surface area contributed by atoms with Gasteiger partial charge in [-0.15, -0.1) is 4.83 Å². The van der Waals surface area contributed by atoms with Crippen molar-refractivity contribution >= 4 is 31.6 Å². The smallest absolute Gasteiger partial charge is 0.257 e. The number of hydrazine groups is 1. The molecule has 0 spiro atoms. The molecule has 2 aromatic rings. The van der Waals surface area contributed by atoms with E-state index in [0.717, 1.165) is 10.0 Å². The monoisotopic (exact) mass is 340 g/mol. The van der Waals surface area contributed by atoms with Crippen molar-refractivity contribution < 1.29 is 8.42 Å². The van der Waals surface area contributed by atoms with E-state index < -0.39 is 10.0 Å². The molecule has 0 radical (unpaired) electrons. The third-order valence-electron chi connectivity index (χ3n) is 2.51. The summed E-state index contributed by atoms with van der Waals surface area (Å²) >= 11 is 3.31. The quantitative estimate of drug-likeness (QED) is 0.841. The minimum absolute atomic E-state index is 0.225. The predicted molar refractivity (Wildman–Crippen MR) is 79.3 cm³/mol. The highest BCUT2D eigenvalue weighted by atomic mass is 79.9. The Morgan fingerprint density at radius 1 is 0.947 bits per heavy atom. The van der Waals surface area contributed by atoms with E-state index in [2.05, 4.69) is 26.2 Å². The van der Waals surface area contributed by atoms with Crippen molar-refractivity contribution in [3.63, 3.8) is 0 Å². The van der Waals surface area contributed by atoms with Crippen LogP contribution in [0, 0.1) is 6.92 Å². The molecule has 0 fully saturated rings. The lowest BCUT2D eigenvalue weighted by atomic mass is 10.2. The molecule has 0 aromatic heterocycles. The lowest BCUT2D eigenvalue weighted by molar-refractivity contribution is 0.587. The van der Waals surface area contributed by atoms with Gasteiger partial charge in [0.25, 0.3) is 10.0 Å². The fourth-order valence-corrected chi connectivity index (χ4v) is 2.56. The van der Waals surface area contributed by atoms with Gasteiger partial charge in [0.2, 0.25) is 0 Å². The highest BCUT2D eigenvalue weighted by Gasteiger charge is 2.12. The first-order valence-corrected chi connectivity index (χ1v) is 7.85. The molecule has 0 amide bonds. The third-order valence-corrected chi connectivity index (χ3v) is 4.30. The zero-order valence-electron chi connectivity index (χ0n) is 10.2. The van der Waals surface area contributed by atoms with Gasteiger partial charge in [-0.05, 0) is 43.3 Å². The van der Waals surface area contributed by atoms with Crippen molar-refractivity contribution in [1.29, 1.82) is 0 Å². The van der Waals surface area contributed by atoms with Crippen LogP contribution in [0.2, 0.25) is 0 Å². The maximum absolute atomic E-state index is 12.0. The van der Waals surface area contributed by atoms with E-state index in [4.69, 9.17) is 0 Å². The molecule has 0 aliphatic rings. The minimum atomic E-state index is -3.56. The number of benzene rings is 2. The Morgan fingerprint density at radius 3 is 2.11 bits per heavy atom. The molecule has 0 aliphatic carbocycles. The van der Waals surface area contributed by atoms with Crippen molar-refractivity contribution in [1.82, 2.24) is 4.83 Å². The van der Waals surface area contributed by atoms with Gasteiger partial charge in [-0.25, -0.2) is 8.42 Å². The molecule has 0 aliphatic heterocycles. The van der Waals surface area contributed by atoms with Crippen LogP contribution in [0.5, 0.6) is 0 Å². The standard InChI is InChI=1S/C13H13BrN2O2S/c1-10-2-8-13(9-3-10)19(17,18)16-15-12-6-4-11(14)5-7-12/h2-9,15-16H,1H3. The van der Waals surface area contributed by atoms with Crippen molar-refractivity contribution in [3.05, 3.63) is 58.6 Å². The lowest BCUT2D eigenvalue weighted by Crippen LogP contribution is -2.29. The summed E-state index contributed by atoms with van der Waals surface area (Å²) in [6, 6.07) is 13.8. The molecule has 4 nitrogen and oxygen atoms in total. The Morgan fingerprint density at radius 2 is 1.53 bits per heavy atom. The van der Waals surface area contributed by atoms with E-state index in [1.54, 1.807) is 36.4 Å². The van der Waals surface area contributed by atoms with Crippen LogP contribution in [0.3, 0.4) is 0 Å². The lowest BCUT2D eigenvalue weighted by Gasteiger charge is -2.09. The molecule has 100 valence electrons. The molecule has 2 aromatic carbocycles. The van der Waals surface area contributed by atoms with Crippen molar-refractivity contribution in [2.75, 3.05) is 5.43 Å². The third kappa shape index (κ3) is 3.79. The maximum atomic E-state index is 12.0. The number of nitrogens with one attached hydrogen (secondary N) is 2. The first-order valence-electron chi connectivity index (χ1n) is 5.57. The first kappa shape index (κ1) is 14.0. The Kier molecular flexibility index (Phi) is 4.24. The molecule has 0 saturated carbocycles. The van der Waals surface area contributed by atoms with Crippen LogP contribution in [-0.4, -0.2) is 8.42 Å². The summed E-state index contributed by atoms with van der Waals surface area (Å²) in [5.74, 6) is 0. The van der Waals surface area contributed by atoms with Crippen LogP contribution >= 0.6 is 15.9 Å². The predicted octanol–water partition coefficient (Wildman–Crippen LogP) is 3.06. The van der Waals surface area contributed by atoms with Crippen molar-refractivity contribution in [2.24, 2.45) is 0 Å². The van der Waals surface area contributed by atoms with Crippen LogP contribution in [0.15, 0.2) is 57.9 Å². The van der Waals surface area contributed by atoms with Crippen LogP contribution in [0.4, 0.5) is 5.69 Å². The Labute approximate surface area is 121 Å². The number of rotatable bonds is 4. The summed E-state index contributed by atoms with van der Waals surface area (Å²) in [7, 11) is -3.56. The topological polar surface area (TPSA) is 58.2 Å². The fourth-order valence-electron chi connectivity index (χ4n) is 1.44. The number of hydrogen-bond acceptors (Lipinski definition) is 3. The van der Waals surface area contributed by atoms with Gasteiger partial charge in [0.15, 0.2) is 0 Å². The van der Waals surface area contributed by atoms with Gasteiger partial charge >= 0.3 is 0 Å². The van der Waals surface area contributed by atoms with Crippen LogP contribution in [-0.2, 0) is 10.0 Å². The first-order chi connectivity index (χ1) is 8.97. The van der Waals surface area contributed by atoms with Gasteiger partial charge in [0.1, 0.15) is 0 Å². The fraction of sp³-hybridized carbons (Fsp3) is 0.0769. The Balaban J connectivity index is 2.09. The molecule has 6 heteroatoms. The molecule has 0 atom stereocenters. The molecule has 2 rings (SSSR count). The van der Waals surface area contributed by atoms with E-state index in [1.807, 2.05) is 19.1 Å². The molecular formula is C13H13BrN2O2S. The number of sulfonamides is 1. The average molecular weight is 341 g/mol. The van der Waals surface area contributed by atoms with Gasteiger partial charge in [-0.1, -0.05) is 33.6 Å². The molecule has 0 saturated heterocycles. The van der Waals surface area contributed by atoms with Gasteiger partial charge in [0, 0.05) is 10.2 Å². The summed E-state index contributed by atoms with van der Waals surface area (Å²) in [5, 5.41) is 0.